The van der Waals surface area contributed by atoms with Gasteiger partial charge in [-0.2, -0.15) is 13.2 Å². The van der Waals surface area contributed by atoms with Gasteiger partial charge in [-0.05, 0) is 30.9 Å². The number of halogens is 4. The highest BCUT2D eigenvalue weighted by Gasteiger charge is 2.31. The van der Waals surface area contributed by atoms with E-state index in [0.717, 1.165) is 17.9 Å². The summed E-state index contributed by atoms with van der Waals surface area (Å²) < 4.78 is 37.8. The predicted molar refractivity (Wildman–Crippen MR) is 66.9 cm³/mol. The molecular weight excluding hydrogens is 283 g/mol. The van der Waals surface area contributed by atoms with E-state index in [-0.39, 0.29) is 5.15 Å². The van der Waals surface area contributed by atoms with Crippen LogP contribution in [0.1, 0.15) is 31.2 Å². The maximum Gasteiger partial charge on any atom is 0.416 e. The fourth-order valence-electron chi connectivity index (χ4n) is 2.09. The van der Waals surface area contributed by atoms with E-state index < -0.39 is 11.7 Å². The molecule has 0 atom stereocenters. The second-order valence-corrected chi connectivity index (χ2v) is 5.90. The number of thioether (sulfide) groups is 1. The molecule has 0 saturated heterocycles. The van der Waals surface area contributed by atoms with E-state index in [4.69, 9.17) is 11.6 Å². The number of alkyl halides is 3. The van der Waals surface area contributed by atoms with Crippen LogP contribution in [0.2, 0.25) is 5.15 Å². The summed E-state index contributed by atoms with van der Waals surface area (Å²) in [5, 5.41) is 0.264. The predicted octanol–water partition coefficient (Wildman–Crippen LogP) is 5.04. The summed E-state index contributed by atoms with van der Waals surface area (Å²) in [5.74, 6) is 1.43. The topological polar surface area (TPSA) is 12.9 Å². The Labute approximate surface area is 113 Å². The fraction of sp³-hybridized carbons (Fsp3) is 0.583. The first-order chi connectivity index (χ1) is 8.45. The molecule has 1 aromatic rings. The van der Waals surface area contributed by atoms with Crippen molar-refractivity contribution in [2.75, 3.05) is 5.75 Å². The van der Waals surface area contributed by atoms with Crippen LogP contribution in [0.15, 0.2) is 17.2 Å². The molecule has 1 saturated carbocycles. The molecule has 0 aromatic carbocycles. The van der Waals surface area contributed by atoms with Gasteiger partial charge in [-0.15, -0.1) is 11.8 Å². The lowest BCUT2D eigenvalue weighted by Gasteiger charge is -2.11. The molecule has 0 unspecified atom stereocenters. The highest BCUT2D eigenvalue weighted by atomic mass is 35.5. The Hall–Kier alpha value is -0.420. The van der Waals surface area contributed by atoms with Crippen LogP contribution in [0.25, 0.3) is 0 Å². The first-order valence-corrected chi connectivity index (χ1v) is 7.19. The van der Waals surface area contributed by atoms with E-state index in [1.807, 2.05) is 0 Å². The zero-order valence-electron chi connectivity index (χ0n) is 9.63. The van der Waals surface area contributed by atoms with E-state index in [9.17, 15) is 13.2 Å². The zero-order valence-corrected chi connectivity index (χ0v) is 11.2. The average Bonchev–Trinajstić information content (AvgIpc) is 2.77. The van der Waals surface area contributed by atoms with Gasteiger partial charge in [0.15, 0.2) is 0 Å². The second-order valence-electron chi connectivity index (χ2n) is 4.48. The third-order valence-corrected chi connectivity index (χ3v) is 4.38. The molecule has 1 aromatic heterocycles. The van der Waals surface area contributed by atoms with Crippen LogP contribution in [0.4, 0.5) is 13.2 Å². The largest absolute Gasteiger partial charge is 0.416 e. The van der Waals surface area contributed by atoms with Crippen molar-refractivity contribution in [3.63, 3.8) is 0 Å². The number of hydrogen-bond acceptors (Lipinski definition) is 2. The molecule has 0 N–H and O–H groups in total. The normalized spacial score (nSPS) is 17.3. The van der Waals surface area contributed by atoms with Crippen molar-refractivity contribution in [1.29, 1.82) is 0 Å². The molecule has 1 nitrogen and oxygen atoms in total. The minimum Gasteiger partial charge on any atom is -0.230 e. The second kappa shape index (κ2) is 5.70. The van der Waals surface area contributed by atoms with Gasteiger partial charge in [0.2, 0.25) is 0 Å². The monoisotopic (exact) mass is 295 g/mol. The maximum atomic E-state index is 12.6. The molecule has 2 rings (SSSR count). The van der Waals surface area contributed by atoms with Gasteiger partial charge in [0.05, 0.1) is 10.6 Å². The van der Waals surface area contributed by atoms with Crippen molar-refractivity contribution >= 4 is 23.4 Å². The van der Waals surface area contributed by atoms with Crippen molar-refractivity contribution in [1.82, 2.24) is 4.98 Å². The first-order valence-electron chi connectivity index (χ1n) is 5.83. The standard InChI is InChI=1S/C12H13ClF3NS/c13-10-5-9(12(14,15)16)6-11(17-10)18-7-8-3-1-2-4-8/h5-6,8H,1-4,7H2. The first kappa shape index (κ1) is 14.0. The molecule has 1 aliphatic rings. The molecular formula is C12H13ClF3NS. The van der Waals surface area contributed by atoms with Gasteiger partial charge in [-0.3, -0.25) is 0 Å². The molecule has 6 heteroatoms. The summed E-state index contributed by atoms with van der Waals surface area (Å²) in [6, 6.07) is 1.94. The Kier molecular flexibility index (Phi) is 4.43. The Morgan fingerprint density at radius 2 is 1.94 bits per heavy atom. The van der Waals surface area contributed by atoms with Crippen LogP contribution in [-0.2, 0) is 6.18 Å². The minimum absolute atomic E-state index is 0.0984. The number of rotatable bonds is 3. The summed E-state index contributed by atoms with van der Waals surface area (Å²) in [6.45, 7) is 0. The maximum absolute atomic E-state index is 12.6. The summed E-state index contributed by atoms with van der Waals surface area (Å²) in [7, 11) is 0. The van der Waals surface area contributed by atoms with Crippen LogP contribution < -0.4 is 0 Å². The molecule has 1 aliphatic carbocycles. The van der Waals surface area contributed by atoms with Crippen molar-refractivity contribution in [2.45, 2.75) is 36.9 Å². The molecule has 0 bridgehead atoms. The van der Waals surface area contributed by atoms with E-state index in [0.29, 0.717) is 10.9 Å². The Bertz CT molecular complexity index is 416. The molecule has 18 heavy (non-hydrogen) atoms. The zero-order chi connectivity index (χ0) is 13.2. The summed E-state index contributed by atoms with van der Waals surface area (Å²) in [6.07, 6.45) is 0.415. The lowest BCUT2D eigenvalue weighted by Crippen LogP contribution is -2.06. The van der Waals surface area contributed by atoms with Crippen LogP contribution in [0, 0.1) is 5.92 Å². The fourth-order valence-corrected chi connectivity index (χ4v) is 3.46. The highest BCUT2D eigenvalue weighted by Crippen LogP contribution is 2.35. The van der Waals surface area contributed by atoms with Gasteiger partial charge >= 0.3 is 6.18 Å². The van der Waals surface area contributed by atoms with Gasteiger partial charge in [0.25, 0.3) is 0 Å². The number of aromatic nitrogens is 1. The molecule has 1 fully saturated rings. The molecule has 0 amide bonds. The Morgan fingerprint density at radius 3 is 2.56 bits per heavy atom. The third-order valence-electron chi connectivity index (χ3n) is 3.04. The molecule has 1 heterocycles. The SMILES string of the molecule is FC(F)(F)c1cc(Cl)nc(SCC2CCCC2)c1. The van der Waals surface area contributed by atoms with Crippen molar-refractivity contribution in [3.05, 3.63) is 22.8 Å². The molecule has 0 radical (unpaired) electrons. The lowest BCUT2D eigenvalue weighted by atomic mass is 10.1. The van der Waals surface area contributed by atoms with Crippen molar-refractivity contribution < 1.29 is 13.2 Å². The van der Waals surface area contributed by atoms with Crippen LogP contribution in [-0.4, -0.2) is 10.7 Å². The van der Waals surface area contributed by atoms with E-state index in [1.165, 1.54) is 37.4 Å². The van der Waals surface area contributed by atoms with Crippen LogP contribution >= 0.6 is 23.4 Å². The summed E-state index contributed by atoms with van der Waals surface area (Å²) in [4.78, 5) is 3.94. The van der Waals surface area contributed by atoms with Gasteiger partial charge in [0.1, 0.15) is 5.15 Å². The highest BCUT2D eigenvalue weighted by molar-refractivity contribution is 7.99. The molecule has 0 spiro atoms. The van der Waals surface area contributed by atoms with Gasteiger partial charge in [-0.25, -0.2) is 4.98 Å². The Morgan fingerprint density at radius 1 is 1.28 bits per heavy atom. The van der Waals surface area contributed by atoms with E-state index >= 15 is 0 Å². The van der Waals surface area contributed by atoms with E-state index in [2.05, 4.69) is 4.98 Å². The summed E-state index contributed by atoms with van der Waals surface area (Å²) in [5.41, 5.74) is -0.726. The van der Waals surface area contributed by atoms with E-state index in [1.54, 1.807) is 0 Å². The van der Waals surface area contributed by atoms with Gasteiger partial charge < -0.3 is 0 Å². The molecule has 0 aliphatic heterocycles. The van der Waals surface area contributed by atoms with Crippen LogP contribution in [0.5, 0.6) is 0 Å². The van der Waals surface area contributed by atoms with Gasteiger partial charge in [0, 0.05) is 5.75 Å². The number of hydrogen-bond donors (Lipinski definition) is 0. The average molecular weight is 296 g/mol. The lowest BCUT2D eigenvalue weighted by molar-refractivity contribution is -0.137. The minimum atomic E-state index is -4.37. The van der Waals surface area contributed by atoms with Gasteiger partial charge in [-0.1, -0.05) is 24.4 Å². The Balaban J connectivity index is 2.05. The molecule has 100 valence electrons. The third kappa shape index (κ3) is 3.79. The van der Waals surface area contributed by atoms with Crippen LogP contribution in [0.3, 0.4) is 0 Å². The summed E-state index contributed by atoms with van der Waals surface area (Å²) >= 11 is 6.99. The quantitative estimate of drug-likeness (QED) is 0.572. The number of nitrogens with zero attached hydrogens (tertiary/aromatic N) is 1. The smallest absolute Gasteiger partial charge is 0.230 e. The van der Waals surface area contributed by atoms with Crippen molar-refractivity contribution in [2.24, 2.45) is 5.92 Å². The van der Waals surface area contributed by atoms with Crippen molar-refractivity contribution in [3.8, 4) is 0 Å². The number of pyridine rings is 1.